The first-order valence-corrected chi connectivity index (χ1v) is 14.5. The molecule has 0 heterocycles. The van der Waals surface area contributed by atoms with Gasteiger partial charge in [-0.1, -0.05) is 39.8 Å². The van der Waals surface area contributed by atoms with Crippen molar-refractivity contribution in [3.8, 4) is 5.75 Å². The Kier molecular flexibility index (Phi) is 4.91. The summed E-state index contributed by atoms with van der Waals surface area (Å²) in [4.78, 5) is 0. The van der Waals surface area contributed by atoms with E-state index in [0.717, 1.165) is 31.4 Å². The molecule has 29 heavy (non-hydrogen) atoms. The first-order valence-electron chi connectivity index (χ1n) is 11.6. The Morgan fingerprint density at radius 1 is 1.21 bits per heavy atom. The maximum atomic E-state index is 10.4. The number of hydrogen-bond donors (Lipinski definition) is 1. The molecule has 0 bridgehead atoms. The number of aryl methyl sites for hydroxylation is 1. The molecule has 3 aliphatic rings. The molecule has 0 amide bonds. The van der Waals surface area contributed by atoms with Gasteiger partial charge in [-0.3, -0.25) is 0 Å². The van der Waals surface area contributed by atoms with E-state index in [1.54, 1.807) is 0 Å². The number of fused-ring (bicyclic) bond motifs is 5. The van der Waals surface area contributed by atoms with Crippen LogP contribution in [0.2, 0.25) is 18.1 Å². The van der Waals surface area contributed by atoms with Crippen molar-refractivity contribution in [2.45, 2.75) is 95.9 Å². The highest BCUT2D eigenvalue weighted by molar-refractivity contribution is 6.74. The summed E-state index contributed by atoms with van der Waals surface area (Å²) in [5.74, 6) is 2.26. The van der Waals surface area contributed by atoms with E-state index in [-0.39, 0.29) is 16.6 Å². The minimum atomic E-state index is -1.84. The van der Waals surface area contributed by atoms with Crippen LogP contribution in [0.25, 0.3) is 0 Å². The molecule has 3 heteroatoms. The Balaban J connectivity index is 1.68. The summed E-state index contributed by atoms with van der Waals surface area (Å²) in [7, 11) is -1.84. The van der Waals surface area contributed by atoms with Crippen molar-refractivity contribution in [3.63, 3.8) is 0 Å². The number of hydrogen-bond acceptors (Lipinski definition) is 2. The van der Waals surface area contributed by atoms with Crippen LogP contribution < -0.4 is 4.43 Å². The number of aliphatic hydroxyl groups is 1. The molecule has 1 N–H and O–H groups in total. The fourth-order valence-corrected chi connectivity index (χ4v) is 7.56. The van der Waals surface area contributed by atoms with Gasteiger partial charge in [-0.2, -0.15) is 0 Å². The van der Waals surface area contributed by atoms with Gasteiger partial charge in [0, 0.05) is 5.41 Å². The van der Waals surface area contributed by atoms with Gasteiger partial charge in [0.25, 0.3) is 0 Å². The smallest absolute Gasteiger partial charge is 0.250 e. The van der Waals surface area contributed by atoms with Crippen molar-refractivity contribution in [1.82, 2.24) is 0 Å². The minimum absolute atomic E-state index is 0.0668. The molecule has 160 valence electrons. The van der Waals surface area contributed by atoms with Crippen molar-refractivity contribution in [2.24, 2.45) is 17.3 Å². The molecule has 1 aromatic rings. The van der Waals surface area contributed by atoms with Gasteiger partial charge in [-0.25, -0.2) is 0 Å². The molecule has 0 saturated heterocycles. The average molecular weight is 413 g/mol. The fourth-order valence-electron chi connectivity index (χ4n) is 6.53. The van der Waals surface area contributed by atoms with Crippen LogP contribution in [-0.4, -0.2) is 19.5 Å². The predicted octanol–water partition coefficient (Wildman–Crippen LogP) is 6.63. The summed E-state index contributed by atoms with van der Waals surface area (Å²) in [6.45, 7) is 18.3. The molecule has 1 aromatic carbocycles. The van der Waals surface area contributed by atoms with Crippen molar-refractivity contribution in [3.05, 3.63) is 42.0 Å². The van der Waals surface area contributed by atoms with Gasteiger partial charge in [-0.05, 0) is 97.2 Å². The van der Waals surface area contributed by atoms with Gasteiger partial charge in [-0.15, -0.1) is 6.58 Å². The molecular weight excluding hydrogens is 372 g/mol. The Morgan fingerprint density at radius 3 is 2.59 bits per heavy atom. The lowest BCUT2D eigenvalue weighted by Gasteiger charge is -2.55. The molecule has 0 aromatic heterocycles. The molecular formula is C26H40O2Si. The Labute approximate surface area is 178 Å². The van der Waals surface area contributed by atoms with Gasteiger partial charge >= 0.3 is 0 Å². The van der Waals surface area contributed by atoms with E-state index in [1.807, 2.05) is 0 Å². The third-order valence-electron chi connectivity index (χ3n) is 9.23. The van der Waals surface area contributed by atoms with Gasteiger partial charge in [0.1, 0.15) is 5.75 Å². The van der Waals surface area contributed by atoms with Gasteiger partial charge in [0.15, 0.2) is 0 Å². The summed E-state index contributed by atoms with van der Waals surface area (Å²) in [5, 5.41) is 10.6. The molecule has 0 unspecified atom stereocenters. The first kappa shape index (κ1) is 21.2. The quantitative estimate of drug-likeness (QED) is 0.446. The summed E-state index contributed by atoms with van der Waals surface area (Å²) in [6.07, 6.45) is 8.77. The van der Waals surface area contributed by atoms with Crippen LogP contribution in [0.15, 0.2) is 30.9 Å². The second-order valence-corrected chi connectivity index (χ2v) is 16.6. The van der Waals surface area contributed by atoms with E-state index in [4.69, 9.17) is 4.43 Å². The van der Waals surface area contributed by atoms with Gasteiger partial charge < -0.3 is 9.53 Å². The van der Waals surface area contributed by atoms with E-state index in [1.165, 1.54) is 24.0 Å². The molecule has 3 aliphatic carbocycles. The minimum Gasteiger partial charge on any atom is -0.543 e. The molecule has 5 atom stereocenters. The van der Waals surface area contributed by atoms with Crippen molar-refractivity contribution < 1.29 is 9.53 Å². The number of rotatable bonds is 3. The Hall–Kier alpha value is -1.06. The van der Waals surface area contributed by atoms with E-state index >= 15 is 0 Å². The van der Waals surface area contributed by atoms with Crippen LogP contribution in [0.4, 0.5) is 0 Å². The summed E-state index contributed by atoms with van der Waals surface area (Å²) < 4.78 is 6.61. The lowest BCUT2D eigenvalue weighted by Crippen LogP contribution is -2.49. The van der Waals surface area contributed by atoms with Crippen LogP contribution >= 0.6 is 0 Å². The third kappa shape index (κ3) is 3.24. The van der Waals surface area contributed by atoms with E-state index in [2.05, 4.69) is 71.6 Å². The van der Waals surface area contributed by atoms with E-state index in [9.17, 15) is 5.11 Å². The lowest BCUT2D eigenvalue weighted by molar-refractivity contribution is 0.0277. The van der Waals surface area contributed by atoms with Crippen molar-refractivity contribution in [1.29, 1.82) is 0 Å². The first-order chi connectivity index (χ1) is 13.4. The normalized spacial score (nSPS) is 36.7. The second kappa shape index (κ2) is 6.72. The lowest BCUT2D eigenvalue weighted by atomic mass is 9.49. The Morgan fingerprint density at radius 2 is 1.93 bits per heavy atom. The molecule has 0 aliphatic heterocycles. The number of allylic oxidation sites excluding steroid dienone is 1. The number of aliphatic hydroxyl groups excluding tert-OH is 1. The van der Waals surface area contributed by atoms with E-state index in [0.29, 0.717) is 17.3 Å². The highest BCUT2D eigenvalue weighted by Gasteiger charge is 2.57. The molecule has 2 saturated carbocycles. The summed E-state index contributed by atoms with van der Waals surface area (Å²) >= 11 is 0. The topological polar surface area (TPSA) is 29.5 Å². The number of benzene rings is 1. The maximum absolute atomic E-state index is 10.4. The fraction of sp³-hybridized carbons (Fsp3) is 0.692. The molecule has 2 nitrogen and oxygen atoms in total. The van der Waals surface area contributed by atoms with Crippen LogP contribution in [0.1, 0.15) is 70.9 Å². The largest absolute Gasteiger partial charge is 0.543 e. The van der Waals surface area contributed by atoms with Crippen molar-refractivity contribution >= 4 is 8.32 Å². The zero-order valence-corrected chi connectivity index (χ0v) is 20.3. The second-order valence-electron chi connectivity index (χ2n) is 11.9. The third-order valence-corrected chi connectivity index (χ3v) is 13.6. The molecule has 2 fully saturated rings. The average Bonchev–Trinajstić information content (AvgIpc) is 2.93. The van der Waals surface area contributed by atoms with Gasteiger partial charge in [0.05, 0.1) is 6.10 Å². The van der Waals surface area contributed by atoms with Crippen LogP contribution in [0, 0.1) is 17.3 Å². The van der Waals surface area contributed by atoms with Gasteiger partial charge in [0.2, 0.25) is 8.32 Å². The molecule has 0 radical (unpaired) electrons. The summed E-state index contributed by atoms with van der Waals surface area (Å²) in [5.41, 5.74) is 3.31. The van der Waals surface area contributed by atoms with E-state index < -0.39 is 8.32 Å². The molecule has 4 rings (SSSR count). The maximum Gasteiger partial charge on any atom is 0.250 e. The van der Waals surface area contributed by atoms with Crippen LogP contribution in [-0.2, 0) is 11.8 Å². The Bertz CT molecular complexity index is 807. The monoisotopic (exact) mass is 412 g/mol. The standard InChI is InChI=1S/C26H40O2Si/c1-8-26-14-13-25(5)17-19(27)16-23(25)22(26)11-9-18-15-20(10-12-21(18)26)28-29(6,7)24(2,3)4/h8,10,12,15,19,22-23,27H,1,9,11,13-14,16-17H2,2-7H3/t19-,22+,23+,25-,26-/m1/s1. The highest BCUT2D eigenvalue weighted by atomic mass is 28.4. The SMILES string of the molecule is C=C[C@]12CC[C@]3(C)C[C@H](O)C[C@H]3[C@@H]1CCc1cc(O[Si](C)(C)C(C)(C)C)ccc12. The van der Waals surface area contributed by atoms with Crippen molar-refractivity contribution in [2.75, 3.05) is 0 Å². The summed E-state index contributed by atoms with van der Waals surface area (Å²) in [6, 6.07) is 6.89. The molecule has 0 spiro atoms. The highest BCUT2D eigenvalue weighted by Crippen LogP contribution is 2.63. The zero-order chi connectivity index (χ0) is 21.2. The predicted molar refractivity (Wildman–Crippen MR) is 124 cm³/mol. The van der Waals surface area contributed by atoms with Crippen LogP contribution in [0.5, 0.6) is 5.75 Å². The zero-order valence-electron chi connectivity index (χ0n) is 19.3. The van der Waals surface area contributed by atoms with Crippen LogP contribution in [0.3, 0.4) is 0 Å².